The van der Waals surface area contributed by atoms with Crippen molar-refractivity contribution in [3.8, 4) is 0 Å². The number of carboxylic acids is 1. The number of benzene rings is 2. The number of halogens is 3. The predicted octanol–water partition coefficient (Wildman–Crippen LogP) is 2.29. The molecule has 1 N–H and O–H groups in total. The van der Waals surface area contributed by atoms with Gasteiger partial charge < -0.3 is 9.90 Å². The van der Waals surface area contributed by atoms with Crippen molar-refractivity contribution in [3.63, 3.8) is 0 Å². The first-order valence-electron chi connectivity index (χ1n) is 6.62. The van der Waals surface area contributed by atoms with E-state index in [1.165, 1.54) is 30.3 Å². The molecule has 0 spiro atoms. The van der Waals surface area contributed by atoms with Gasteiger partial charge in [-0.3, -0.25) is 0 Å². The van der Waals surface area contributed by atoms with Crippen LogP contribution < -0.4 is 9.83 Å². The minimum absolute atomic E-state index is 0.0396. The van der Waals surface area contributed by atoms with Crippen LogP contribution in [0.4, 0.5) is 4.39 Å². The maximum atomic E-state index is 13.0. The molecule has 5 nitrogen and oxygen atoms in total. The summed E-state index contributed by atoms with van der Waals surface area (Å²) in [6.07, 6.45) is -0.636. The fourth-order valence-electron chi connectivity index (χ4n) is 2.03. The van der Waals surface area contributed by atoms with Gasteiger partial charge in [-0.1, -0.05) is 41.4 Å². The van der Waals surface area contributed by atoms with Crippen LogP contribution in [0.5, 0.6) is 0 Å². The van der Waals surface area contributed by atoms with Gasteiger partial charge in [0.2, 0.25) is 10.0 Å². The van der Waals surface area contributed by atoms with Gasteiger partial charge in [0.05, 0.1) is 16.1 Å². The number of sulfonamides is 1. The molecule has 0 amide bonds. The average Bonchev–Trinajstić information content (AvgIpc) is 2.49. The number of nitrogens with one attached hydrogen (secondary N) is 1. The van der Waals surface area contributed by atoms with E-state index in [4.69, 9.17) is 23.2 Å². The molecule has 0 radical (unpaired) electrons. The largest absolute Gasteiger partial charge is 0.550 e. The van der Waals surface area contributed by atoms with E-state index in [1.54, 1.807) is 0 Å². The van der Waals surface area contributed by atoms with Crippen molar-refractivity contribution in [2.75, 3.05) is 0 Å². The summed E-state index contributed by atoms with van der Waals surface area (Å²) in [5, 5.41) is 10.8. The fraction of sp³-hybridized carbons (Fsp3) is 0.133. The lowest BCUT2D eigenvalue weighted by Crippen LogP contribution is -2.34. The minimum atomic E-state index is -4.17. The number of rotatable bonds is 6. The van der Waals surface area contributed by atoms with Gasteiger partial charge in [-0.05, 0) is 29.8 Å². The number of carbonyl (C=O) groups excluding carboxylic acids is 1. The van der Waals surface area contributed by atoms with E-state index in [-0.39, 0.29) is 20.5 Å². The normalized spacial score (nSPS) is 12.8. The molecule has 0 saturated carbocycles. The van der Waals surface area contributed by atoms with Gasteiger partial charge in [-0.25, -0.2) is 17.5 Å². The highest BCUT2D eigenvalue weighted by molar-refractivity contribution is 7.89. The first-order chi connectivity index (χ1) is 11.2. The Labute approximate surface area is 148 Å². The molecule has 24 heavy (non-hydrogen) atoms. The molecule has 0 aromatic heterocycles. The Morgan fingerprint density at radius 1 is 1.17 bits per heavy atom. The van der Waals surface area contributed by atoms with Gasteiger partial charge in [-0.2, -0.15) is 0 Å². The zero-order chi connectivity index (χ0) is 17.9. The number of hydrogen-bond acceptors (Lipinski definition) is 4. The van der Waals surface area contributed by atoms with Crippen molar-refractivity contribution < 1.29 is 22.7 Å². The third-order valence-electron chi connectivity index (χ3n) is 3.15. The third kappa shape index (κ3) is 4.45. The van der Waals surface area contributed by atoms with Gasteiger partial charge >= 0.3 is 0 Å². The predicted molar refractivity (Wildman–Crippen MR) is 85.5 cm³/mol. The lowest BCUT2D eigenvalue weighted by atomic mass is 10.1. The van der Waals surface area contributed by atoms with Crippen molar-refractivity contribution in [1.29, 1.82) is 0 Å². The molecule has 0 aliphatic carbocycles. The highest BCUT2D eigenvalue weighted by Crippen LogP contribution is 2.30. The van der Waals surface area contributed by atoms with Crippen LogP contribution in [0.3, 0.4) is 0 Å². The second-order valence-corrected chi connectivity index (χ2v) is 7.32. The van der Waals surface area contributed by atoms with Crippen LogP contribution >= 0.6 is 23.2 Å². The number of hydrogen-bond donors (Lipinski definition) is 1. The summed E-state index contributed by atoms with van der Waals surface area (Å²) in [7, 11) is -4.17. The van der Waals surface area contributed by atoms with Gasteiger partial charge in [0.15, 0.2) is 0 Å². The van der Waals surface area contributed by atoms with Gasteiger partial charge in [-0.15, -0.1) is 0 Å². The summed E-state index contributed by atoms with van der Waals surface area (Å²) >= 11 is 11.7. The highest BCUT2D eigenvalue weighted by Gasteiger charge is 2.24. The van der Waals surface area contributed by atoms with E-state index in [1.807, 2.05) is 0 Å². The van der Waals surface area contributed by atoms with Gasteiger partial charge in [0, 0.05) is 12.4 Å². The second kappa shape index (κ2) is 7.48. The van der Waals surface area contributed by atoms with Crippen LogP contribution in [0, 0.1) is 5.82 Å². The molecule has 2 aromatic carbocycles. The Morgan fingerprint density at radius 2 is 1.79 bits per heavy atom. The van der Waals surface area contributed by atoms with Crippen LogP contribution in [0.15, 0.2) is 47.4 Å². The fourth-order valence-corrected chi connectivity index (χ4v) is 4.02. The average molecular weight is 391 g/mol. The SMILES string of the molecule is O=C([O-])C[C@H](NS(=O)(=O)c1cccc(Cl)c1Cl)c1ccc(F)cc1. The molecule has 0 unspecified atom stereocenters. The van der Waals surface area contributed by atoms with Crippen molar-refractivity contribution in [2.45, 2.75) is 17.4 Å². The third-order valence-corrected chi connectivity index (χ3v) is 5.59. The van der Waals surface area contributed by atoms with Crippen molar-refractivity contribution in [2.24, 2.45) is 0 Å². The summed E-state index contributed by atoms with van der Waals surface area (Å²) in [5.41, 5.74) is 0.266. The molecule has 0 aliphatic rings. The Balaban J connectivity index is 2.39. The van der Waals surface area contributed by atoms with E-state index >= 15 is 0 Å². The molecule has 0 saturated heterocycles. The number of carbonyl (C=O) groups is 1. The zero-order valence-corrected chi connectivity index (χ0v) is 14.3. The van der Waals surface area contributed by atoms with Crippen LogP contribution in [-0.2, 0) is 14.8 Å². The first-order valence-corrected chi connectivity index (χ1v) is 8.86. The van der Waals surface area contributed by atoms with E-state index in [0.717, 1.165) is 12.1 Å². The molecule has 0 aliphatic heterocycles. The van der Waals surface area contributed by atoms with Crippen LogP contribution in [-0.4, -0.2) is 14.4 Å². The molecule has 2 rings (SSSR count). The highest BCUT2D eigenvalue weighted by atomic mass is 35.5. The Hall–Kier alpha value is -1.67. The van der Waals surface area contributed by atoms with E-state index in [9.17, 15) is 22.7 Å². The molecule has 0 heterocycles. The minimum Gasteiger partial charge on any atom is -0.550 e. The molecule has 0 bridgehead atoms. The lowest BCUT2D eigenvalue weighted by molar-refractivity contribution is -0.306. The lowest BCUT2D eigenvalue weighted by Gasteiger charge is -2.20. The zero-order valence-electron chi connectivity index (χ0n) is 12.0. The summed E-state index contributed by atoms with van der Waals surface area (Å²) in [5.74, 6) is -2.00. The Morgan fingerprint density at radius 3 is 2.38 bits per heavy atom. The molecule has 2 aromatic rings. The van der Waals surface area contributed by atoms with Gasteiger partial charge in [0.1, 0.15) is 10.7 Å². The van der Waals surface area contributed by atoms with Crippen molar-refractivity contribution in [1.82, 2.24) is 4.72 Å². The van der Waals surface area contributed by atoms with E-state index in [0.29, 0.717) is 0 Å². The van der Waals surface area contributed by atoms with E-state index < -0.39 is 34.3 Å². The monoisotopic (exact) mass is 390 g/mol. The maximum Gasteiger partial charge on any atom is 0.242 e. The van der Waals surface area contributed by atoms with Crippen molar-refractivity contribution in [3.05, 3.63) is 63.9 Å². The number of carboxylic acid groups (broad SMARTS) is 1. The molecular weight excluding hydrogens is 380 g/mol. The molecule has 1 atom stereocenters. The Bertz CT molecular complexity index is 856. The molecular formula is C15H11Cl2FNO4S-. The molecule has 0 fully saturated rings. The van der Waals surface area contributed by atoms with Gasteiger partial charge in [0.25, 0.3) is 0 Å². The maximum absolute atomic E-state index is 13.0. The van der Waals surface area contributed by atoms with Crippen LogP contribution in [0.25, 0.3) is 0 Å². The van der Waals surface area contributed by atoms with Crippen LogP contribution in [0.2, 0.25) is 10.0 Å². The van der Waals surface area contributed by atoms with E-state index in [2.05, 4.69) is 4.72 Å². The summed E-state index contributed by atoms with van der Waals surface area (Å²) in [6.45, 7) is 0. The smallest absolute Gasteiger partial charge is 0.242 e. The number of aliphatic carboxylic acids is 1. The summed E-state index contributed by atoms with van der Waals surface area (Å²) in [4.78, 5) is 10.6. The first kappa shape index (κ1) is 18.7. The summed E-state index contributed by atoms with van der Waals surface area (Å²) in [6, 6.07) is 7.65. The standard InChI is InChI=1S/C15H12Cl2FNO4S/c16-11-2-1-3-13(15(11)17)24(22,23)19-12(8-14(20)21)9-4-6-10(18)7-5-9/h1-7,12,19H,8H2,(H,20,21)/p-1/t12-/m0/s1. The molecule has 128 valence electrons. The topological polar surface area (TPSA) is 86.3 Å². The second-order valence-electron chi connectivity index (χ2n) is 4.85. The quantitative estimate of drug-likeness (QED) is 0.819. The summed E-state index contributed by atoms with van der Waals surface area (Å²) < 4.78 is 40.2. The molecule has 9 heteroatoms. The van der Waals surface area contributed by atoms with Crippen molar-refractivity contribution >= 4 is 39.2 Å². The Kier molecular flexibility index (Phi) is 5.82. The van der Waals surface area contributed by atoms with Crippen LogP contribution in [0.1, 0.15) is 18.0 Å².